The summed E-state index contributed by atoms with van der Waals surface area (Å²) >= 11 is 3.18. The van der Waals surface area contributed by atoms with Crippen molar-refractivity contribution >= 4 is 26.7 Å². The van der Waals surface area contributed by atoms with Gasteiger partial charge in [0.1, 0.15) is 0 Å². The first-order chi connectivity index (χ1) is 7.84. The molecule has 0 fully saturated rings. The SMILES string of the molecule is Brc1noc(-c2cccc3ccccc23)n1. The summed E-state index contributed by atoms with van der Waals surface area (Å²) in [6.45, 7) is 0. The van der Waals surface area contributed by atoms with Gasteiger partial charge in [0.15, 0.2) is 0 Å². The number of halogens is 1. The molecule has 0 unspecified atom stereocenters. The van der Waals surface area contributed by atoms with Gasteiger partial charge in [-0.2, -0.15) is 4.98 Å². The van der Waals surface area contributed by atoms with Gasteiger partial charge >= 0.3 is 0 Å². The average Bonchev–Trinajstić information content (AvgIpc) is 2.75. The van der Waals surface area contributed by atoms with Crippen LogP contribution < -0.4 is 0 Å². The Morgan fingerprint density at radius 3 is 2.62 bits per heavy atom. The van der Waals surface area contributed by atoms with E-state index in [1.807, 2.05) is 30.3 Å². The maximum absolute atomic E-state index is 5.15. The summed E-state index contributed by atoms with van der Waals surface area (Å²) < 4.78 is 5.62. The molecule has 0 spiro atoms. The lowest BCUT2D eigenvalue weighted by atomic mass is 10.0. The smallest absolute Gasteiger partial charge is 0.259 e. The third-order valence-electron chi connectivity index (χ3n) is 2.42. The maximum atomic E-state index is 5.15. The minimum Gasteiger partial charge on any atom is -0.333 e. The predicted octanol–water partition coefficient (Wildman–Crippen LogP) is 3.65. The van der Waals surface area contributed by atoms with Crippen LogP contribution in [0.25, 0.3) is 22.2 Å². The van der Waals surface area contributed by atoms with Crippen LogP contribution in [0.3, 0.4) is 0 Å². The van der Waals surface area contributed by atoms with Gasteiger partial charge in [-0.1, -0.05) is 36.4 Å². The molecule has 2 aromatic carbocycles. The van der Waals surface area contributed by atoms with Crippen LogP contribution in [0.4, 0.5) is 0 Å². The highest BCUT2D eigenvalue weighted by molar-refractivity contribution is 9.10. The van der Waals surface area contributed by atoms with E-state index in [1.165, 1.54) is 0 Å². The Bertz CT molecular complexity index is 643. The van der Waals surface area contributed by atoms with Crippen LogP contribution in [0.1, 0.15) is 0 Å². The fourth-order valence-electron chi connectivity index (χ4n) is 1.73. The van der Waals surface area contributed by atoms with Gasteiger partial charge in [-0.25, -0.2) is 0 Å². The van der Waals surface area contributed by atoms with Crippen LogP contribution in [-0.2, 0) is 0 Å². The Kier molecular flexibility index (Phi) is 2.22. The third-order valence-corrected chi connectivity index (χ3v) is 2.74. The molecule has 3 aromatic rings. The highest BCUT2D eigenvalue weighted by Gasteiger charge is 2.09. The summed E-state index contributed by atoms with van der Waals surface area (Å²) in [5, 5.41) is 6.00. The van der Waals surface area contributed by atoms with Crippen LogP contribution >= 0.6 is 15.9 Å². The van der Waals surface area contributed by atoms with E-state index in [9.17, 15) is 0 Å². The Morgan fingerprint density at radius 2 is 1.81 bits per heavy atom. The quantitative estimate of drug-likeness (QED) is 0.680. The Labute approximate surface area is 100 Å². The number of fused-ring (bicyclic) bond motifs is 1. The summed E-state index contributed by atoms with van der Waals surface area (Å²) in [5.41, 5.74) is 0.955. The normalized spacial score (nSPS) is 10.8. The second-order valence-corrected chi connectivity index (χ2v) is 4.10. The molecule has 0 aliphatic carbocycles. The molecule has 4 heteroatoms. The van der Waals surface area contributed by atoms with Crippen molar-refractivity contribution in [3.63, 3.8) is 0 Å². The first-order valence-corrected chi connectivity index (χ1v) is 5.61. The van der Waals surface area contributed by atoms with Crippen molar-refractivity contribution in [1.82, 2.24) is 10.1 Å². The molecule has 1 heterocycles. The van der Waals surface area contributed by atoms with Crippen molar-refractivity contribution in [2.75, 3.05) is 0 Å². The zero-order valence-electron chi connectivity index (χ0n) is 8.22. The fourth-order valence-corrected chi connectivity index (χ4v) is 1.96. The van der Waals surface area contributed by atoms with Crippen molar-refractivity contribution in [2.45, 2.75) is 0 Å². The molecule has 78 valence electrons. The summed E-state index contributed by atoms with van der Waals surface area (Å²) in [6, 6.07) is 14.1. The Morgan fingerprint density at radius 1 is 1.00 bits per heavy atom. The number of aromatic nitrogens is 2. The summed E-state index contributed by atoms with van der Waals surface area (Å²) in [4.78, 5) is 4.17. The molecule has 3 nitrogen and oxygen atoms in total. The van der Waals surface area contributed by atoms with Crippen LogP contribution in [0, 0.1) is 0 Å². The van der Waals surface area contributed by atoms with Crippen molar-refractivity contribution in [3.8, 4) is 11.5 Å². The topological polar surface area (TPSA) is 38.9 Å². The molecule has 0 aliphatic rings. The number of nitrogens with zero attached hydrogens (tertiary/aromatic N) is 2. The van der Waals surface area contributed by atoms with Crippen LogP contribution in [-0.4, -0.2) is 10.1 Å². The van der Waals surface area contributed by atoms with Gasteiger partial charge in [0.2, 0.25) is 4.73 Å². The van der Waals surface area contributed by atoms with Crippen LogP contribution in [0.5, 0.6) is 0 Å². The molecule has 0 atom stereocenters. The molecule has 0 aliphatic heterocycles. The highest BCUT2D eigenvalue weighted by atomic mass is 79.9. The molecule has 16 heavy (non-hydrogen) atoms. The van der Waals surface area contributed by atoms with Gasteiger partial charge in [0.25, 0.3) is 5.89 Å². The zero-order valence-corrected chi connectivity index (χ0v) is 9.81. The lowest BCUT2D eigenvalue weighted by Gasteiger charge is -2.01. The highest BCUT2D eigenvalue weighted by Crippen LogP contribution is 2.27. The molecule has 0 amide bonds. The third kappa shape index (κ3) is 1.51. The standard InChI is InChI=1S/C12H7BrN2O/c13-12-14-11(16-15-12)10-7-3-5-8-4-1-2-6-9(8)10/h1-7H. The first kappa shape index (κ1) is 9.54. The molecule has 0 N–H and O–H groups in total. The molecule has 1 aromatic heterocycles. The van der Waals surface area contributed by atoms with Gasteiger partial charge in [0, 0.05) is 5.56 Å². The molecule has 0 saturated carbocycles. The van der Waals surface area contributed by atoms with Crippen molar-refractivity contribution in [1.29, 1.82) is 0 Å². The number of benzene rings is 2. The lowest BCUT2D eigenvalue weighted by molar-refractivity contribution is 0.426. The molecular formula is C12H7BrN2O. The van der Waals surface area contributed by atoms with E-state index in [-0.39, 0.29) is 0 Å². The maximum Gasteiger partial charge on any atom is 0.259 e. The Hall–Kier alpha value is -1.68. The van der Waals surface area contributed by atoms with E-state index in [4.69, 9.17) is 4.52 Å². The zero-order chi connectivity index (χ0) is 11.0. The van der Waals surface area contributed by atoms with Gasteiger partial charge in [-0.05, 0) is 37.9 Å². The number of hydrogen-bond donors (Lipinski definition) is 0. The molecular weight excluding hydrogens is 268 g/mol. The molecule has 0 bridgehead atoms. The van der Waals surface area contributed by atoms with E-state index in [0.29, 0.717) is 10.6 Å². The summed E-state index contributed by atoms with van der Waals surface area (Å²) in [5.74, 6) is 0.531. The second-order valence-electron chi connectivity index (χ2n) is 3.40. The minimum atomic E-state index is 0.468. The lowest BCUT2D eigenvalue weighted by Crippen LogP contribution is -1.80. The van der Waals surface area contributed by atoms with Gasteiger partial charge in [-0.15, -0.1) is 0 Å². The predicted molar refractivity (Wildman–Crippen MR) is 64.9 cm³/mol. The number of hydrogen-bond acceptors (Lipinski definition) is 3. The van der Waals surface area contributed by atoms with Gasteiger partial charge < -0.3 is 4.52 Å². The molecule has 3 rings (SSSR count). The second kappa shape index (κ2) is 3.72. The van der Waals surface area contributed by atoms with Crippen molar-refractivity contribution in [3.05, 3.63) is 47.2 Å². The van der Waals surface area contributed by atoms with Crippen LogP contribution in [0.2, 0.25) is 0 Å². The van der Waals surface area contributed by atoms with E-state index in [2.05, 4.69) is 38.2 Å². The van der Waals surface area contributed by atoms with E-state index in [1.54, 1.807) is 0 Å². The monoisotopic (exact) mass is 274 g/mol. The van der Waals surface area contributed by atoms with Gasteiger partial charge in [-0.3, -0.25) is 0 Å². The average molecular weight is 275 g/mol. The largest absolute Gasteiger partial charge is 0.333 e. The van der Waals surface area contributed by atoms with E-state index < -0.39 is 0 Å². The number of rotatable bonds is 1. The summed E-state index contributed by atoms with van der Waals surface area (Å²) in [6.07, 6.45) is 0. The van der Waals surface area contributed by atoms with Crippen molar-refractivity contribution in [2.24, 2.45) is 0 Å². The first-order valence-electron chi connectivity index (χ1n) is 4.82. The summed E-state index contributed by atoms with van der Waals surface area (Å²) in [7, 11) is 0. The minimum absolute atomic E-state index is 0.468. The van der Waals surface area contributed by atoms with Gasteiger partial charge in [0.05, 0.1) is 0 Å². The van der Waals surface area contributed by atoms with Crippen LogP contribution in [0.15, 0.2) is 51.7 Å². The fraction of sp³-hybridized carbons (Fsp3) is 0. The van der Waals surface area contributed by atoms with E-state index in [0.717, 1.165) is 16.3 Å². The molecule has 0 radical (unpaired) electrons. The van der Waals surface area contributed by atoms with Crippen molar-refractivity contribution < 1.29 is 4.52 Å². The molecule has 0 saturated heterocycles. The van der Waals surface area contributed by atoms with E-state index >= 15 is 0 Å². The Balaban J connectivity index is 2.31.